The Morgan fingerprint density at radius 1 is 0.818 bits per heavy atom. The smallest absolute Gasteiger partial charge is 0.295 e. The topological polar surface area (TPSA) is 180 Å². The second kappa shape index (κ2) is 15.4. The van der Waals surface area contributed by atoms with Crippen LogP contribution in [-0.2, 0) is 24.1 Å². The molecular weight excluding hydrogens is 599 g/mol. The highest BCUT2D eigenvalue weighted by Gasteiger charge is 2.13. The third kappa shape index (κ3) is 8.72. The first-order chi connectivity index (χ1) is 21.2. The van der Waals surface area contributed by atoms with E-state index >= 15 is 0 Å². The molecular formula is C30H31N9O3S2. The first-order valence-electron chi connectivity index (χ1n) is 13.5. The number of nitrogen functional groups attached to an aromatic ring is 2. The number of carbonyl (C=O) groups excluding carboxylic acids is 1. The van der Waals surface area contributed by atoms with Crippen LogP contribution in [0.2, 0.25) is 0 Å². The molecule has 1 amide bonds. The van der Waals surface area contributed by atoms with E-state index in [-0.39, 0.29) is 32.8 Å². The molecule has 0 saturated carbocycles. The van der Waals surface area contributed by atoms with Crippen molar-refractivity contribution in [2.24, 2.45) is 0 Å². The lowest BCUT2D eigenvalue weighted by Gasteiger charge is -2.08. The molecule has 0 bridgehead atoms. The molecule has 0 atom stereocenters. The molecule has 0 spiro atoms. The van der Waals surface area contributed by atoms with Crippen molar-refractivity contribution >= 4 is 35.6 Å². The fourth-order valence-electron chi connectivity index (χ4n) is 3.92. The average molecular weight is 630 g/mol. The van der Waals surface area contributed by atoms with Gasteiger partial charge in [-0.05, 0) is 47.5 Å². The minimum atomic E-state index is -0.420. The molecule has 0 aliphatic rings. The van der Waals surface area contributed by atoms with Crippen molar-refractivity contribution in [3.63, 3.8) is 0 Å². The lowest BCUT2D eigenvalue weighted by molar-refractivity contribution is -0.113. The molecule has 0 radical (unpaired) electrons. The molecule has 12 nitrogen and oxygen atoms in total. The van der Waals surface area contributed by atoms with Crippen LogP contribution >= 0.6 is 24.0 Å². The van der Waals surface area contributed by atoms with Crippen LogP contribution in [0.15, 0.2) is 99.7 Å². The molecule has 5 rings (SSSR count). The van der Waals surface area contributed by atoms with E-state index in [2.05, 4.69) is 32.6 Å². The number of anilines is 1. The van der Waals surface area contributed by atoms with Gasteiger partial charge in [-0.15, -0.1) is 10.2 Å². The van der Waals surface area contributed by atoms with Crippen molar-refractivity contribution in [1.29, 1.82) is 0 Å². The molecule has 3 aromatic carbocycles. The molecule has 2 heterocycles. The maximum Gasteiger partial charge on any atom is 0.295 e. The standard InChI is InChI=1S/C20H21N5O2S.C10H10N4OS/c1-2-14-8-10-16(11-9-14)22-18(26)13-28-20-24-23-17(19(27)25(20)21)12-15-6-4-3-5-7-15;11-14-9(15)8(12-13-10(14)16)6-7-4-2-1-3-5-7/h3-11H,2,12-13,21H2,1H3,(H,22,26);1-5H,6,11H2,(H,13,16). The highest BCUT2D eigenvalue weighted by Crippen LogP contribution is 2.14. The summed E-state index contributed by atoms with van der Waals surface area (Å²) in [6.45, 7) is 2.07. The molecule has 0 aliphatic carbocycles. The number of rotatable bonds is 9. The van der Waals surface area contributed by atoms with Gasteiger partial charge in [0, 0.05) is 18.5 Å². The summed E-state index contributed by atoms with van der Waals surface area (Å²) in [7, 11) is 0. The van der Waals surface area contributed by atoms with Crippen LogP contribution in [-0.4, -0.2) is 41.4 Å². The summed E-state index contributed by atoms with van der Waals surface area (Å²) in [5, 5.41) is 17.4. The molecule has 0 fully saturated rings. The van der Waals surface area contributed by atoms with E-state index in [4.69, 9.17) is 23.9 Å². The summed E-state index contributed by atoms with van der Waals surface area (Å²) >= 11 is 5.85. The summed E-state index contributed by atoms with van der Waals surface area (Å²) in [6.07, 6.45) is 1.73. The Balaban J connectivity index is 0.000000233. The summed E-state index contributed by atoms with van der Waals surface area (Å²) in [5.74, 6) is 11.2. The normalized spacial score (nSPS) is 10.5. The van der Waals surface area contributed by atoms with Crippen LogP contribution in [0.5, 0.6) is 0 Å². The lowest BCUT2D eigenvalue weighted by atomic mass is 10.1. The minimum Gasteiger partial charge on any atom is -0.334 e. The number of benzene rings is 3. The number of hydrogen-bond acceptors (Lipinski definition) is 10. The zero-order valence-electron chi connectivity index (χ0n) is 23.8. The highest BCUT2D eigenvalue weighted by atomic mass is 32.2. The first-order valence-corrected chi connectivity index (χ1v) is 14.9. The van der Waals surface area contributed by atoms with Gasteiger partial charge in [-0.25, -0.2) is 0 Å². The lowest BCUT2D eigenvalue weighted by Crippen LogP contribution is -2.34. The third-order valence-corrected chi connectivity index (χ3v) is 7.54. The minimum absolute atomic E-state index is 0.0683. The summed E-state index contributed by atoms with van der Waals surface area (Å²) in [4.78, 5) is 36.2. The fourth-order valence-corrected chi connectivity index (χ4v) is 4.70. The maximum absolute atomic E-state index is 12.4. The number of carbonyl (C=O) groups is 1. The van der Waals surface area contributed by atoms with E-state index in [9.17, 15) is 14.4 Å². The van der Waals surface area contributed by atoms with E-state index in [0.29, 0.717) is 18.5 Å². The van der Waals surface area contributed by atoms with Crippen LogP contribution in [0, 0.1) is 4.77 Å². The molecule has 0 aliphatic heterocycles. The van der Waals surface area contributed by atoms with E-state index in [1.807, 2.05) is 84.9 Å². The molecule has 226 valence electrons. The van der Waals surface area contributed by atoms with Crippen LogP contribution in [0.4, 0.5) is 5.69 Å². The van der Waals surface area contributed by atoms with Crippen LogP contribution in [0.3, 0.4) is 0 Å². The number of thioether (sulfide) groups is 1. The SMILES string of the molecule is CCc1ccc(NC(=O)CSc2nnc(Cc3ccccc3)c(=O)n2N)cc1.Nn1c(=S)[nH]nc(Cc2ccccc2)c1=O. The summed E-state index contributed by atoms with van der Waals surface area (Å²) < 4.78 is 1.95. The number of H-pyrrole nitrogens is 1. The van der Waals surface area contributed by atoms with Gasteiger partial charge in [0.2, 0.25) is 15.8 Å². The van der Waals surface area contributed by atoms with E-state index in [0.717, 1.165) is 44.3 Å². The van der Waals surface area contributed by atoms with Crippen LogP contribution < -0.4 is 28.1 Å². The summed E-state index contributed by atoms with van der Waals surface area (Å²) in [5.41, 5.74) is 3.69. The number of nitrogens with zero attached hydrogens (tertiary/aromatic N) is 5. The van der Waals surface area contributed by atoms with E-state index in [1.165, 1.54) is 5.56 Å². The van der Waals surface area contributed by atoms with E-state index in [1.54, 1.807) is 0 Å². The van der Waals surface area contributed by atoms with E-state index < -0.39 is 5.56 Å². The molecule has 2 aromatic heterocycles. The predicted molar refractivity (Wildman–Crippen MR) is 174 cm³/mol. The second-order valence-corrected chi connectivity index (χ2v) is 10.8. The van der Waals surface area contributed by atoms with Gasteiger partial charge in [0.05, 0.1) is 5.75 Å². The van der Waals surface area contributed by atoms with Gasteiger partial charge >= 0.3 is 0 Å². The number of aromatic nitrogens is 6. The predicted octanol–water partition coefficient (Wildman–Crippen LogP) is 2.84. The van der Waals surface area contributed by atoms with Gasteiger partial charge < -0.3 is 17.0 Å². The average Bonchev–Trinajstić information content (AvgIpc) is 3.05. The number of nitrogens with two attached hydrogens (primary N) is 2. The van der Waals surface area contributed by atoms with Gasteiger partial charge in [0.15, 0.2) is 0 Å². The van der Waals surface area contributed by atoms with Gasteiger partial charge in [-0.2, -0.15) is 14.5 Å². The van der Waals surface area contributed by atoms with Crippen LogP contribution in [0.1, 0.15) is 35.0 Å². The Morgan fingerprint density at radius 2 is 1.39 bits per heavy atom. The Morgan fingerprint density at radius 3 is 1.98 bits per heavy atom. The van der Waals surface area contributed by atoms with Gasteiger partial charge in [-0.1, -0.05) is 91.5 Å². The quantitative estimate of drug-likeness (QED) is 0.108. The zero-order chi connectivity index (χ0) is 31.5. The van der Waals surface area contributed by atoms with Gasteiger partial charge in [0.25, 0.3) is 11.1 Å². The van der Waals surface area contributed by atoms with Crippen molar-refractivity contribution in [2.75, 3.05) is 22.8 Å². The largest absolute Gasteiger partial charge is 0.334 e. The number of aromatic amines is 1. The number of nitrogens with one attached hydrogen (secondary N) is 2. The number of hydrogen-bond donors (Lipinski definition) is 4. The zero-order valence-corrected chi connectivity index (χ0v) is 25.5. The molecule has 14 heteroatoms. The Kier molecular flexibility index (Phi) is 11.2. The van der Waals surface area contributed by atoms with Crippen molar-refractivity contribution in [3.8, 4) is 0 Å². The Labute approximate surface area is 262 Å². The number of aryl methyl sites for hydroxylation is 1. The Hall–Kier alpha value is -5.08. The maximum atomic E-state index is 12.4. The summed E-state index contributed by atoms with van der Waals surface area (Å²) in [6, 6.07) is 26.7. The molecule has 0 unspecified atom stereocenters. The van der Waals surface area contributed by atoms with Crippen molar-refractivity contribution in [1.82, 2.24) is 29.7 Å². The second-order valence-electron chi connectivity index (χ2n) is 9.47. The third-order valence-electron chi connectivity index (χ3n) is 6.31. The molecule has 44 heavy (non-hydrogen) atoms. The van der Waals surface area contributed by atoms with Crippen molar-refractivity contribution in [2.45, 2.75) is 31.3 Å². The first kappa shape index (κ1) is 31.8. The van der Waals surface area contributed by atoms with Crippen LogP contribution in [0.25, 0.3) is 0 Å². The van der Waals surface area contributed by atoms with Crippen molar-refractivity contribution < 1.29 is 4.79 Å². The van der Waals surface area contributed by atoms with Gasteiger partial charge in [-0.3, -0.25) is 19.5 Å². The highest BCUT2D eigenvalue weighted by molar-refractivity contribution is 7.99. The fraction of sp³-hybridized carbons (Fsp3) is 0.167. The van der Waals surface area contributed by atoms with Crippen molar-refractivity contribution in [3.05, 3.63) is 138 Å². The van der Waals surface area contributed by atoms with Gasteiger partial charge in [0.1, 0.15) is 11.4 Å². The molecule has 0 saturated heterocycles. The monoisotopic (exact) mass is 629 g/mol. The molecule has 6 N–H and O–H groups in total. The Bertz CT molecular complexity index is 1880. The number of amides is 1. The molecule has 5 aromatic rings.